The Balaban J connectivity index is 1.58. The molecule has 3 aromatic rings. The number of hydrogen-bond donors (Lipinski definition) is 0. The molecule has 10 heteroatoms. The second-order valence-corrected chi connectivity index (χ2v) is 8.33. The topological polar surface area (TPSA) is 95.0 Å². The largest absolute Gasteiger partial charge is 0.493 e. The van der Waals surface area contributed by atoms with Crippen molar-refractivity contribution in [3.63, 3.8) is 0 Å². The standard InChI is InChI=1S/C25H20Cl2N2O6/c1-33-21-8-7-16(20(30)11-17-18(26)12-28-13-19(17)27)22(23(21)34-2)35-10-9-29-24(31)14-5-3-4-6-15(14)25(29)32/h3-8,12-13H,9-11H2,1-2H3. The Morgan fingerprint density at radius 3 is 2.11 bits per heavy atom. The number of nitrogens with zero attached hydrogens (tertiary/aromatic N) is 2. The number of carbonyl (C=O) groups is 3. The number of methoxy groups -OCH3 is 2. The van der Waals surface area contributed by atoms with E-state index in [1.54, 1.807) is 36.4 Å². The smallest absolute Gasteiger partial charge is 0.261 e. The van der Waals surface area contributed by atoms with Gasteiger partial charge >= 0.3 is 0 Å². The van der Waals surface area contributed by atoms with Crippen LogP contribution in [-0.4, -0.2) is 54.9 Å². The summed E-state index contributed by atoms with van der Waals surface area (Å²) in [5.74, 6) is -0.464. The molecule has 0 bridgehead atoms. The molecule has 0 radical (unpaired) electrons. The highest BCUT2D eigenvalue weighted by molar-refractivity contribution is 6.36. The van der Waals surface area contributed by atoms with Crippen LogP contribution in [-0.2, 0) is 6.42 Å². The number of ether oxygens (including phenoxy) is 3. The van der Waals surface area contributed by atoms with Gasteiger partial charge < -0.3 is 14.2 Å². The summed E-state index contributed by atoms with van der Waals surface area (Å²) in [6, 6.07) is 9.73. The Morgan fingerprint density at radius 2 is 1.54 bits per heavy atom. The van der Waals surface area contributed by atoms with Crippen molar-refractivity contribution >= 4 is 40.8 Å². The first kappa shape index (κ1) is 24.5. The fourth-order valence-corrected chi connectivity index (χ4v) is 4.30. The molecule has 8 nitrogen and oxygen atoms in total. The van der Waals surface area contributed by atoms with Gasteiger partial charge in [0.05, 0.1) is 47.5 Å². The van der Waals surface area contributed by atoms with Crippen molar-refractivity contribution in [1.82, 2.24) is 9.88 Å². The molecule has 1 aromatic heterocycles. The van der Waals surface area contributed by atoms with Gasteiger partial charge in [-0.15, -0.1) is 0 Å². The molecule has 180 valence electrons. The Labute approximate surface area is 211 Å². The van der Waals surface area contributed by atoms with Crippen LogP contribution in [0.25, 0.3) is 0 Å². The SMILES string of the molecule is COc1ccc(C(=O)Cc2c(Cl)cncc2Cl)c(OCCN2C(=O)c3ccccc3C2=O)c1OC. The number of benzene rings is 2. The third-order valence-electron chi connectivity index (χ3n) is 5.53. The van der Waals surface area contributed by atoms with E-state index in [1.165, 1.54) is 26.6 Å². The van der Waals surface area contributed by atoms with Crippen LogP contribution in [0.3, 0.4) is 0 Å². The number of amides is 2. The normalized spacial score (nSPS) is 12.5. The lowest BCUT2D eigenvalue weighted by molar-refractivity contribution is 0.0629. The minimum absolute atomic E-state index is 0.0254. The number of Topliss-reactive ketones (excluding diaryl/α,β-unsaturated/α-hetero) is 1. The summed E-state index contributed by atoms with van der Waals surface area (Å²) in [4.78, 5) is 43.5. The molecule has 2 heterocycles. The van der Waals surface area contributed by atoms with Gasteiger partial charge in [0.2, 0.25) is 5.75 Å². The van der Waals surface area contributed by atoms with E-state index in [0.717, 1.165) is 4.90 Å². The third kappa shape index (κ3) is 4.67. The zero-order valence-electron chi connectivity index (χ0n) is 18.8. The lowest BCUT2D eigenvalue weighted by atomic mass is 10.0. The summed E-state index contributed by atoms with van der Waals surface area (Å²) in [5.41, 5.74) is 1.32. The molecular formula is C25H20Cl2N2O6. The number of aromatic nitrogens is 1. The molecule has 4 rings (SSSR count). The number of ketones is 1. The zero-order chi connectivity index (χ0) is 25.1. The number of carbonyl (C=O) groups excluding carboxylic acids is 3. The highest BCUT2D eigenvalue weighted by atomic mass is 35.5. The number of hydrogen-bond acceptors (Lipinski definition) is 7. The maximum atomic E-state index is 13.2. The van der Waals surface area contributed by atoms with E-state index in [-0.39, 0.29) is 52.5 Å². The maximum Gasteiger partial charge on any atom is 0.261 e. The van der Waals surface area contributed by atoms with Crippen LogP contribution < -0.4 is 14.2 Å². The summed E-state index contributed by atoms with van der Waals surface area (Å²) < 4.78 is 16.7. The van der Waals surface area contributed by atoms with Crippen LogP contribution in [0.4, 0.5) is 0 Å². The van der Waals surface area contributed by atoms with Crippen molar-refractivity contribution in [2.24, 2.45) is 0 Å². The van der Waals surface area contributed by atoms with Crippen molar-refractivity contribution in [2.75, 3.05) is 27.4 Å². The average molecular weight is 515 g/mol. The summed E-state index contributed by atoms with van der Waals surface area (Å²) in [6.07, 6.45) is 2.71. The predicted molar refractivity (Wildman–Crippen MR) is 129 cm³/mol. The minimum atomic E-state index is -0.398. The maximum absolute atomic E-state index is 13.2. The molecule has 0 aliphatic carbocycles. The first-order chi connectivity index (χ1) is 16.9. The van der Waals surface area contributed by atoms with E-state index in [2.05, 4.69) is 4.98 Å². The molecule has 0 spiro atoms. The molecule has 35 heavy (non-hydrogen) atoms. The minimum Gasteiger partial charge on any atom is -0.493 e. The number of halogens is 2. The van der Waals surface area contributed by atoms with Gasteiger partial charge in [-0.2, -0.15) is 0 Å². The summed E-state index contributed by atoms with van der Waals surface area (Å²) >= 11 is 12.4. The second-order valence-electron chi connectivity index (χ2n) is 7.52. The van der Waals surface area contributed by atoms with Gasteiger partial charge in [0.1, 0.15) is 6.61 Å². The van der Waals surface area contributed by atoms with Crippen molar-refractivity contribution < 1.29 is 28.6 Å². The highest BCUT2D eigenvalue weighted by Gasteiger charge is 2.35. The molecule has 2 amide bonds. The molecule has 0 N–H and O–H groups in total. The van der Waals surface area contributed by atoms with E-state index in [0.29, 0.717) is 22.4 Å². The van der Waals surface area contributed by atoms with Crippen molar-refractivity contribution in [1.29, 1.82) is 0 Å². The van der Waals surface area contributed by atoms with Gasteiger partial charge in [0.15, 0.2) is 17.3 Å². The fraction of sp³-hybridized carbons (Fsp3) is 0.200. The van der Waals surface area contributed by atoms with Crippen LogP contribution in [0.1, 0.15) is 36.6 Å². The van der Waals surface area contributed by atoms with Crippen LogP contribution in [0.15, 0.2) is 48.8 Å². The Kier molecular flexibility index (Phi) is 7.23. The van der Waals surface area contributed by atoms with Crippen molar-refractivity contribution in [3.05, 3.63) is 81.1 Å². The van der Waals surface area contributed by atoms with Crippen LogP contribution in [0, 0.1) is 0 Å². The van der Waals surface area contributed by atoms with Crippen molar-refractivity contribution in [3.8, 4) is 17.2 Å². The summed E-state index contributed by atoms with van der Waals surface area (Å²) in [6.45, 7) is -0.103. The van der Waals surface area contributed by atoms with Gasteiger partial charge in [0.25, 0.3) is 11.8 Å². The van der Waals surface area contributed by atoms with E-state index in [9.17, 15) is 14.4 Å². The molecule has 0 atom stereocenters. The van der Waals surface area contributed by atoms with Gasteiger partial charge in [-0.25, -0.2) is 0 Å². The van der Waals surface area contributed by atoms with Crippen molar-refractivity contribution in [2.45, 2.75) is 6.42 Å². The number of rotatable bonds is 9. The predicted octanol–water partition coefficient (Wildman–Crippen LogP) is 4.51. The zero-order valence-corrected chi connectivity index (χ0v) is 20.4. The molecule has 1 aliphatic rings. The van der Waals surface area contributed by atoms with Crippen LogP contribution in [0.5, 0.6) is 17.2 Å². The van der Waals surface area contributed by atoms with E-state index >= 15 is 0 Å². The molecule has 0 unspecified atom stereocenters. The summed E-state index contributed by atoms with van der Waals surface area (Å²) in [7, 11) is 2.87. The quantitative estimate of drug-likeness (QED) is 0.306. The number of fused-ring (bicyclic) bond motifs is 1. The first-order valence-electron chi connectivity index (χ1n) is 10.5. The van der Waals surface area contributed by atoms with E-state index < -0.39 is 11.8 Å². The molecule has 1 aliphatic heterocycles. The molecule has 0 saturated heterocycles. The lowest BCUT2D eigenvalue weighted by Gasteiger charge is -2.19. The van der Waals surface area contributed by atoms with Gasteiger partial charge in [-0.1, -0.05) is 35.3 Å². The number of imide groups is 1. The lowest BCUT2D eigenvalue weighted by Crippen LogP contribution is -2.33. The molecule has 2 aromatic carbocycles. The molecule has 0 fully saturated rings. The van der Waals surface area contributed by atoms with Crippen LogP contribution in [0.2, 0.25) is 10.0 Å². The van der Waals surface area contributed by atoms with Gasteiger partial charge in [-0.3, -0.25) is 24.3 Å². The summed E-state index contributed by atoms with van der Waals surface area (Å²) in [5, 5.41) is 0.527. The van der Waals surface area contributed by atoms with Crippen LogP contribution >= 0.6 is 23.2 Å². The third-order valence-corrected chi connectivity index (χ3v) is 6.18. The van der Waals surface area contributed by atoms with Gasteiger partial charge in [-0.05, 0) is 24.3 Å². The first-order valence-corrected chi connectivity index (χ1v) is 11.3. The second kappa shape index (κ2) is 10.3. The average Bonchev–Trinajstić information content (AvgIpc) is 3.10. The van der Waals surface area contributed by atoms with E-state index in [1.807, 2.05) is 0 Å². The van der Waals surface area contributed by atoms with Gasteiger partial charge in [0, 0.05) is 24.4 Å². The fourth-order valence-electron chi connectivity index (χ4n) is 3.81. The molecular weight excluding hydrogens is 495 g/mol. The van der Waals surface area contributed by atoms with E-state index in [4.69, 9.17) is 37.4 Å². The Morgan fingerprint density at radius 1 is 0.914 bits per heavy atom. The Hall–Kier alpha value is -3.62. The molecule has 0 saturated carbocycles. The monoisotopic (exact) mass is 514 g/mol. The highest BCUT2D eigenvalue weighted by Crippen LogP contribution is 2.41. The Bertz CT molecular complexity index is 1270. The number of pyridine rings is 1.